The highest BCUT2D eigenvalue weighted by Crippen LogP contribution is 2.64. The fourth-order valence-corrected chi connectivity index (χ4v) is 6.19. The van der Waals surface area contributed by atoms with Crippen LogP contribution in [0.5, 0.6) is 5.75 Å². The zero-order chi connectivity index (χ0) is 22.2. The largest absolute Gasteiger partial charge is 0.456 e. The predicted octanol–water partition coefficient (Wildman–Crippen LogP) is 2.26. The summed E-state index contributed by atoms with van der Waals surface area (Å²) < 4.78 is 17.0. The number of carbonyl (C=O) groups excluding carboxylic acids is 2. The van der Waals surface area contributed by atoms with Crippen LogP contribution in [0.15, 0.2) is 6.07 Å². The SMILES string of the molecule is CO[C@@H]1c2c(cc3c(c2C)CC(=O)O3)[C@@]2(C)[C@@H](O)CCC(C)(C)[C@]2(O)[C@H]1OC(C)=O. The van der Waals surface area contributed by atoms with Crippen LogP contribution >= 0.6 is 0 Å². The summed E-state index contributed by atoms with van der Waals surface area (Å²) in [5, 5.41) is 23.6. The standard InChI is InChI=1S/C23H30O7/c1-11-13-9-17(26)30-15(13)10-14-18(11)19(28-6)20(29-12(2)24)23(27)21(3,4)8-7-16(25)22(14,23)5/h10,16,19-20,25,27H,7-9H2,1-6H3/t16-,19+,20-,22-,23+/m0/s1. The molecule has 1 aliphatic heterocycles. The van der Waals surface area contributed by atoms with E-state index in [4.69, 9.17) is 14.2 Å². The monoisotopic (exact) mass is 418 g/mol. The zero-order valence-electron chi connectivity index (χ0n) is 18.4. The van der Waals surface area contributed by atoms with Crippen molar-refractivity contribution in [1.29, 1.82) is 0 Å². The number of fused-ring (bicyclic) bond motifs is 4. The minimum Gasteiger partial charge on any atom is -0.456 e. The summed E-state index contributed by atoms with van der Waals surface area (Å²) in [4.78, 5) is 24.1. The van der Waals surface area contributed by atoms with Gasteiger partial charge in [0.05, 0.1) is 17.9 Å². The van der Waals surface area contributed by atoms with Gasteiger partial charge in [0.15, 0.2) is 6.10 Å². The average Bonchev–Trinajstić information content (AvgIpc) is 3.04. The van der Waals surface area contributed by atoms with Gasteiger partial charge in [0, 0.05) is 19.6 Å². The first-order valence-electron chi connectivity index (χ1n) is 10.4. The topological polar surface area (TPSA) is 102 Å². The lowest BCUT2D eigenvalue weighted by atomic mass is 9.44. The molecule has 3 aliphatic rings. The summed E-state index contributed by atoms with van der Waals surface area (Å²) in [6, 6.07) is 1.76. The zero-order valence-corrected chi connectivity index (χ0v) is 18.4. The first-order valence-corrected chi connectivity index (χ1v) is 10.4. The Morgan fingerprint density at radius 2 is 1.97 bits per heavy atom. The number of carbonyl (C=O) groups is 2. The van der Waals surface area contributed by atoms with Gasteiger partial charge in [-0.1, -0.05) is 20.8 Å². The van der Waals surface area contributed by atoms with E-state index in [-0.39, 0.29) is 12.4 Å². The maximum atomic E-state index is 12.4. The minimum absolute atomic E-state index is 0.151. The van der Waals surface area contributed by atoms with Crippen molar-refractivity contribution in [1.82, 2.24) is 0 Å². The molecule has 7 nitrogen and oxygen atoms in total. The molecule has 30 heavy (non-hydrogen) atoms. The lowest BCUT2D eigenvalue weighted by Crippen LogP contribution is -2.75. The van der Waals surface area contributed by atoms with E-state index in [0.717, 1.165) is 16.7 Å². The molecule has 164 valence electrons. The third-order valence-electron chi connectivity index (χ3n) is 7.88. The molecule has 0 unspecified atom stereocenters. The molecule has 0 amide bonds. The fraction of sp³-hybridized carbons (Fsp3) is 0.652. The maximum Gasteiger partial charge on any atom is 0.315 e. The van der Waals surface area contributed by atoms with Gasteiger partial charge in [-0.2, -0.15) is 0 Å². The van der Waals surface area contributed by atoms with Gasteiger partial charge < -0.3 is 24.4 Å². The number of aliphatic hydroxyl groups excluding tert-OH is 1. The Bertz CT molecular complexity index is 936. The summed E-state index contributed by atoms with van der Waals surface area (Å²) in [6.07, 6.45) is -1.50. The van der Waals surface area contributed by atoms with Crippen LogP contribution in [0.2, 0.25) is 0 Å². The summed E-state index contributed by atoms with van der Waals surface area (Å²) in [6.45, 7) is 8.83. The number of aliphatic hydroxyl groups is 2. The van der Waals surface area contributed by atoms with Gasteiger partial charge in [-0.3, -0.25) is 9.59 Å². The normalized spacial score (nSPS) is 36.4. The number of methoxy groups -OCH3 is 1. The van der Waals surface area contributed by atoms with Gasteiger partial charge in [-0.25, -0.2) is 0 Å². The third kappa shape index (κ3) is 2.43. The first-order chi connectivity index (χ1) is 13.9. The fourth-order valence-electron chi connectivity index (χ4n) is 6.19. The molecule has 0 bridgehead atoms. The van der Waals surface area contributed by atoms with Crippen LogP contribution in [0.4, 0.5) is 0 Å². The minimum atomic E-state index is -1.62. The number of rotatable bonds is 2. The maximum absolute atomic E-state index is 12.4. The molecular formula is C23H30O7. The van der Waals surface area contributed by atoms with Crippen molar-refractivity contribution in [3.63, 3.8) is 0 Å². The molecule has 1 aromatic carbocycles. The van der Waals surface area contributed by atoms with Crippen LogP contribution < -0.4 is 4.74 Å². The molecule has 0 saturated heterocycles. The molecule has 1 saturated carbocycles. The van der Waals surface area contributed by atoms with E-state index in [1.165, 1.54) is 14.0 Å². The Kier molecular flexibility index (Phi) is 4.62. The Morgan fingerprint density at radius 3 is 2.57 bits per heavy atom. The summed E-state index contributed by atoms with van der Waals surface area (Å²) >= 11 is 0. The Labute approximate surface area is 176 Å². The van der Waals surface area contributed by atoms with Crippen LogP contribution in [0, 0.1) is 12.3 Å². The van der Waals surface area contributed by atoms with Gasteiger partial charge in [0.2, 0.25) is 0 Å². The number of esters is 2. The van der Waals surface area contributed by atoms with Crippen molar-refractivity contribution >= 4 is 11.9 Å². The van der Waals surface area contributed by atoms with Crippen molar-refractivity contribution in [3.8, 4) is 5.75 Å². The van der Waals surface area contributed by atoms with Crippen LogP contribution in [0.3, 0.4) is 0 Å². The van der Waals surface area contributed by atoms with E-state index in [2.05, 4.69) is 0 Å². The van der Waals surface area contributed by atoms with E-state index in [1.807, 2.05) is 27.7 Å². The van der Waals surface area contributed by atoms with Crippen molar-refractivity contribution in [2.24, 2.45) is 5.41 Å². The van der Waals surface area contributed by atoms with Gasteiger partial charge in [0.25, 0.3) is 0 Å². The van der Waals surface area contributed by atoms with Gasteiger partial charge in [-0.05, 0) is 47.9 Å². The smallest absolute Gasteiger partial charge is 0.315 e. The van der Waals surface area contributed by atoms with Crippen molar-refractivity contribution in [3.05, 3.63) is 28.3 Å². The molecule has 7 heteroatoms. The number of ether oxygens (including phenoxy) is 3. The molecule has 0 spiro atoms. The van der Waals surface area contributed by atoms with Gasteiger partial charge in [-0.15, -0.1) is 0 Å². The van der Waals surface area contributed by atoms with Crippen LogP contribution in [-0.4, -0.2) is 47.1 Å². The quantitative estimate of drug-likeness (QED) is 0.561. The van der Waals surface area contributed by atoms with Gasteiger partial charge in [0.1, 0.15) is 17.5 Å². The predicted molar refractivity (Wildman–Crippen MR) is 107 cm³/mol. The molecule has 2 aliphatic carbocycles. The molecule has 1 aromatic rings. The third-order valence-corrected chi connectivity index (χ3v) is 7.88. The molecule has 1 heterocycles. The number of benzene rings is 1. The molecule has 0 radical (unpaired) electrons. The molecule has 2 N–H and O–H groups in total. The van der Waals surface area contributed by atoms with E-state index < -0.39 is 40.7 Å². The highest BCUT2D eigenvalue weighted by Gasteiger charge is 2.72. The van der Waals surface area contributed by atoms with Crippen molar-refractivity contribution in [2.75, 3.05) is 7.11 Å². The summed E-state index contributed by atoms with van der Waals surface area (Å²) in [5.74, 6) is -0.420. The van der Waals surface area contributed by atoms with Crippen LogP contribution in [0.1, 0.15) is 68.9 Å². The average molecular weight is 418 g/mol. The highest BCUT2D eigenvalue weighted by atomic mass is 16.6. The second-order valence-corrected chi connectivity index (χ2v) is 9.68. The molecular weight excluding hydrogens is 388 g/mol. The Morgan fingerprint density at radius 1 is 1.30 bits per heavy atom. The number of hydrogen-bond acceptors (Lipinski definition) is 7. The van der Waals surface area contributed by atoms with Crippen molar-refractivity contribution in [2.45, 2.75) is 83.2 Å². The summed E-state index contributed by atoms with van der Waals surface area (Å²) in [7, 11) is 1.51. The number of hydrogen-bond donors (Lipinski definition) is 2. The van der Waals surface area contributed by atoms with E-state index in [1.54, 1.807) is 6.07 Å². The molecule has 0 aromatic heterocycles. The second-order valence-electron chi connectivity index (χ2n) is 9.68. The van der Waals surface area contributed by atoms with Crippen LogP contribution in [-0.2, 0) is 30.9 Å². The molecule has 5 atom stereocenters. The second kappa shape index (κ2) is 6.52. The Balaban J connectivity index is 2.10. The highest BCUT2D eigenvalue weighted by molar-refractivity contribution is 5.82. The lowest BCUT2D eigenvalue weighted by molar-refractivity contribution is -0.272. The summed E-state index contributed by atoms with van der Waals surface area (Å²) in [5.41, 5.74) is -0.513. The van der Waals surface area contributed by atoms with E-state index in [0.29, 0.717) is 24.2 Å². The van der Waals surface area contributed by atoms with Gasteiger partial charge >= 0.3 is 11.9 Å². The molecule has 4 rings (SSSR count). The van der Waals surface area contributed by atoms with Crippen molar-refractivity contribution < 1.29 is 34.0 Å². The van der Waals surface area contributed by atoms with E-state index in [9.17, 15) is 19.8 Å². The van der Waals surface area contributed by atoms with E-state index >= 15 is 0 Å². The first kappa shape index (κ1) is 21.3. The lowest BCUT2D eigenvalue weighted by Gasteiger charge is -2.65. The Hall–Kier alpha value is -1.96. The van der Waals surface area contributed by atoms with Crippen LogP contribution in [0.25, 0.3) is 0 Å². The molecule has 1 fully saturated rings.